The van der Waals surface area contributed by atoms with Crippen LogP contribution in [0.15, 0.2) is 42.5 Å². The molecule has 110 valence electrons. The molecule has 0 aromatic heterocycles. The van der Waals surface area contributed by atoms with Crippen molar-refractivity contribution in [3.63, 3.8) is 0 Å². The van der Waals surface area contributed by atoms with Gasteiger partial charge >= 0.3 is 6.03 Å². The molecule has 0 aliphatic rings. The molecule has 2 aromatic rings. The van der Waals surface area contributed by atoms with E-state index in [0.717, 1.165) is 16.9 Å². The highest BCUT2D eigenvalue weighted by atomic mass is 16.5. The molecule has 0 bridgehead atoms. The average molecular weight is 286 g/mol. The van der Waals surface area contributed by atoms with E-state index < -0.39 is 0 Å². The lowest BCUT2D eigenvalue weighted by Gasteiger charge is -2.12. The Morgan fingerprint density at radius 3 is 2.57 bits per heavy atom. The first-order valence-electron chi connectivity index (χ1n) is 6.59. The number of carbonyl (C=O) groups is 1. The Hall–Kier alpha value is -2.69. The molecule has 0 saturated heterocycles. The SMILES string of the molecule is Cc1cccc(OCNC(=O)Nc2ccc(O)cc2)c1C. The molecule has 2 aromatic carbocycles. The van der Waals surface area contributed by atoms with E-state index in [9.17, 15) is 4.79 Å². The number of ether oxygens (including phenoxy) is 1. The van der Waals surface area contributed by atoms with Crippen LogP contribution in [-0.4, -0.2) is 17.9 Å². The quantitative estimate of drug-likeness (QED) is 0.597. The Labute approximate surface area is 123 Å². The van der Waals surface area contributed by atoms with E-state index in [2.05, 4.69) is 10.6 Å². The molecule has 0 fully saturated rings. The molecule has 21 heavy (non-hydrogen) atoms. The Balaban J connectivity index is 1.81. The van der Waals surface area contributed by atoms with Crippen molar-refractivity contribution < 1.29 is 14.6 Å². The fraction of sp³-hybridized carbons (Fsp3) is 0.188. The summed E-state index contributed by atoms with van der Waals surface area (Å²) in [4.78, 5) is 11.7. The number of hydrogen-bond donors (Lipinski definition) is 3. The van der Waals surface area contributed by atoms with Crippen LogP contribution in [0.2, 0.25) is 0 Å². The summed E-state index contributed by atoms with van der Waals surface area (Å²) in [5.74, 6) is 0.902. The third kappa shape index (κ3) is 4.14. The van der Waals surface area contributed by atoms with Gasteiger partial charge in [0.05, 0.1) is 0 Å². The number of aryl methyl sites for hydroxylation is 1. The Morgan fingerprint density at radius 2 is 1.86 bits per heavy atom. The van der Waals surface area contributed by atoms with Gasteiger partial charge in [-0.25, -0.2) is 4.79 Å². The smallest absolute Gasteiger partial charge is 0.321 e. The zero-order valence-corrected chi connectivity index (χ0v) is 12.0. The van der Waals surface area contributed by atoms with E-state index in [1.165, 1.54) is 12.1 Å². The molecule has 0 aliphatic carbocycles. The van der Waals surface area contributed by atoms with Crippen LogP contribution in [0.3, 0.4) is 0 Å². The second-order valence-corrected chi connectivity index (χ2v) is 4.66. The lowest BCUT2D eigenvalue weighted by atomic mass is 10.1. The van der Waals surface area contributed by atoms with E-state index in [1.54, 1.807) is 12.1 Å². The average Bonchev–Trinajstić information content (AvgIpc) is 2.46. The number of hydrogen-bond acceptors (Lipinski definition) is 3. The van der Waals surface area contributed by atoms with Gasteiger partial charge in [-0.3, -0.25) is 0 Å². The van der Waals surface area contributed by atoms with Gasteiger partial charge in [0.1, 0.15) is 11.5 Å². The summed E-state index contributed by atoms with van der Waals surface area (Å²) in [5.41, 5.74) is 2.79. The van der Waals surface area contributed by atoms with Crippen LogP contribution in [-0.2, 0) is 0 Å². The normalized spacial score (nSPS) is 10.0. The van der Waals surface area contributed by atoms with Crippen LogP contribution in [0.4, 0.5) is 10.5 Å². The fourth-order valence-corrected chi connectivity index (χ4v) is 1.78. The van der Waals surface area contributed by atoms with Gasteiger partial charge in [0.15, 0.2) is 6.73 Å². The molecule has 0 aliphatic heterocycles. The van der Waals surface area contributed by atoms with Gasteiger partial charge < -0.3 is 20.5 Å². The number of amides is 2. The highest BCUT2D eigenvalue weighted by molar-refractivity contribution is 5.89. The van der Waals surface area contributed by atoms with Crippen molar-refractivity contribution in [1.82, 2.24) is 5.32 Å². The van der Waals surface area contributed by atoms with Crippen molar-refractivity contribution in [3.8, 4) is 11.5 Å². The Bertz CT molecular complexity index is 624. The molecule has 5 heteroatoms. The van der Waals surface area contributed by atoms with E-state index >= 15 is 0 Å². The molecule has 0 unspecified atom stereocenters. The standard InChI is InChI=1S/C16H18N2O3/c1-11-4-3-5-15(12(11)2)21-10-17-16(20)18-13-6-8-14(19)9-7-13/h3-9,19H,10H2,1-2H3,(H2,17,18,20). The van der Waals surface area contributed by atoms with Gasteiger partial charge in [0.25, 0.3) is 0 Å². The summed E-state index contributed by atoms with van der Waals surface area (Å²) in [6.45, 7) is 4.06. The molecule has 5 nitrogen and oxygen atoms in total. The highest BCUT2D eigenvalue weighted by Crippen LogP contribution is 2.20. The van der Waals surface area contributed by atoms with E-state index in [1.807, 2.05) is 32.0 Å². The van der Waals surface area contributed by atoms with Crippen LogP contribution in [0.25, 0.3) is 0 Å². The molecule has 3 N–H and O–H groups in total. The summed E-state index contributed by atoms with van der Waals surface area (Å²) in [6, 6.07) is 11.6. The van der Waals surface area contributed by atoms with Gasteiger partial charge in [-0.1, -0.05) is 12.1 Å². The Morgan fingerprint density at radius 1 is 1.14 bits per heavy atom. The molecule has 2 rings (SSSR count). The first-order valence-corrected chi connectivity index (χ1v) is 6.59. The molecular weight excluding hydrogens is 268 g/mol. The zero-order chi connectivity index (χ0) is 15.2. The fourth-order valence-electron chi connectivity index (χ4n) is 1.78. The number of phenols is 1. The number of carbonyl (C=O) groups excluding carboxylic acids is 1. The van der Waals surface area contributed by atoms with E-state index in [0.29, 0.717) is 5.69 Å². The van der Waals surface area contributed by atoms with Crippen LogP contribution in [0.5, 0.6) is 11.5 Å². The number of urea groups is 1. The number of rotatable bonds is 4. The van der Waals surface area contributed by atoms with Crippen molar-refractivity contribution in [2.75, 3.05) is 12.0 Å². The third-order valence-electron chi connectivity index (χ3n) is 3.14. The van der Waals surface area contributed by atoms with Crippen molar-refractivity contribution in [2.45, 2.75) is 13.8 Å². The lowest BCUT2D eigenvalue weighted by Crippen LogP contribution is -2.32. The minimum Gasteiger partial charge on any atom is -0.508 e. The highest BCUT2D eigenvalue weighted by Gasteiger charge is 2.04. The molecule has 0 saturated carbocycles. The Kier molecular flexibility index (Phi) is 4.66. The van der Waals surface area contributed by atoms with E-state index in [-0.39, 0.29) is 18.5 Å². The second kappa shape index (κ2) is 6.65. The van der Waals surface area contributed by atoms with Crippen molar-refractivity contribution in [3.05, 3.63) is 53.6 Å². The number of phenolic OH excluding ortho intramolecular Hbond substituents is 1. The van der Waals surface area contributed by atoms with Crippen molar-refractivity contribution in [1.29, 1.82) is 0 Å². The van der Waals surface area contributed by atoms with Gasteiger partial charge in [-0.2, -0.15) is 0 Å². The number of anilines is 1. The largest absolute Gasteiger partial charge is 0.508 e. The summed E-state index contributed by atoms with van der Waals surface area (Å²) >= 11 is 0. The topological polar surface area (TPSA) is 70.6 Å². The molecule has 0 spiro atoms. The molecule has 0 heterocycles. The molecular formula is C16H18N2O3. The molecule has 0 radical (unpaired) electrons. The summed E-state index contributed by atoms with van der Waals surface area (Å²) in [6.07, 6.45) is 0. The maximum Gasteiger partial charge on any atom is 0.321 e. The number of benzene rings is 2. The maximum absolute atomic E-state index is 11.7. The second-order valence-electron chi connectivity index (χ2n) is 4.66. The maximum atomic E-state index is 11.7. The monoisotopic (exact) mass is 286 g/mol. The summed E-state index contributed by atoms with van der Waals surface area (Å²) < 4.78 is 5.53. The third-order valence-corrected chi connectivity index (χ3v) is 3.14. The minimum absolute atomic E-state index is 0.0776. The van der Waals surface area contributed by atoms with Gasteiger partial charge in [-0.15, -0.1) is 0 Å². The minimum atomic E-state index is -0.369. The van der Waals surface area contributed by atoms with Crippen LogP contribution in [0, 0.1) is 13.8 Å². The zero-order valence-electron chi connectivity index (χ0n) is 12.0. The van der Waals surface area contributed by atoms with Crippen molar-refractivity contribution >= 4 is 11.7 Å². The number of nitrogens with one attached hydrogen (secondary N) is 2. The van der Waals surface area contributed by atoms with E-state index in [4.69, 9.17) is 9.84 Å². The van der Waals surface area contributed by atoms with Crippen LogP contribution >= 0.6 is 0 Å². The van der Waals surface area contributed by atoms with Gasteiger partial charge in [0.2, 0.25) is 0 Å². The first-order chi connectivity index (χ1) is 10.1. The van der Waals surface area contributed by atoms with Crippen molar-refractivity contribution in [2.24, 2.45) is 0 Å². The lowest BCUT2D eigenvalue weighted by molar-refractivity contribution is 0.234. The number of aromatic hydroxyl groups is 1. The predicted octanol–water partition coefficient (Wildman–Crippen LogP) is 3.17. The van der Waals surface area contributed by atoms with Gasteiger partial charge in [0, 0.05) is 5.69 Å². The molecule has 0 atom stereocenters. The predicted molar refractivity (Wildman–Crippen MR) is 81.7 cm³/mol. The molecule has 2 amide bonds. The van der Waals surface area contributed by atoms with Crippen LogP contribution in [0.1, 0.15) is 11.1 Å². The summed E-state index contributed by atoms with van der Waals surface area (Å²) in [5, 5.41) is 14.4. The summed E-state index contributed by atoms with van der Waals surface area (Å²) in [7, 11) is 0. The first kappa shape index (κ1) is 14.7. The van der Waals surface area contributed by atoms with Gasteiger partial charge in [-0.05, 0) is 55.3 Å². The van der Waals surface area contributed by atoms with Crippen LogP contribution < -0.4 is 15.4 Å².